The van der Waals surface area contributed by atoms with E-state index in [4.69, 9.17) is 9.47 Å². The SMILES string of the molecule is COc1cccc(C(=O)OCC(=O)N(C)C)c1O. The molecule has 0 aliphatic carbocycles. The van der Waals surface area contributed by atoms with Crippen molar-refractivity contribution < 1.29 is 24.2 Å². The number of methoxy groups -OCH3 is 1. The molecule has 0 radical (unpaired) electrons. The lowest BCUT2D eigenvalue weighted by atomic mass is 10.2. The predicted octanol–water partition coefficient (Wildman–Crippen LogP) is 0.646. The van der Waals surface area contributed by atoms with Gasteiger partial charge in [0.25, 0.3) is 5.91 Å². The van der Waals surface area contributed by atoms with Crippen LogP contribution < -0.4 is 4.74 Å². The van der Waals surface area contributed by atoms with Gasteiger partial charge in [0.05, 0.1) is 7.11 Å². The molecule has 1 rings (SSSR count). The molecule has 1 aromatic carbocycles. The maximum Gasteiger partial charge on any atom is 0.342 e. The van der Waals surface area contributed by atoms with Crippen molar-refractivity contribution in [1.29, 1.82) is 0 Å². The number of benzene rings is 1. The van der Waals surface area contributed by atoms with E-state index in [-0.39, 0.29) is 29.6 Å². The molecule has 1 N–H and O–H groups in total. The number of hydrogen-bond acceptors (Lipinski definition) is 5. The minimum Gasteiger partial charge on any atom is -0.504 e. The summed E-state index contributed by atoms with van der Waals surface area (Å²) in [6.07, 6.45) is 0. The number of likely N-dealkylation sites (N-methyl/N-ethyl adjacent to an activating group) is 1. The van der Waals surface area contributed by atoms with Crippen molar-refractivity contribution in [3.63, 3.8) is 0 Å². The standard InChI is InChI=1S/C12H15NO5/c1-13(2)10(14)7-18-12(16)8-5-4-6-9(17-3)11(8)15/h4-6,15H,7H2,1-3H3. The van der Waals surface area contributed by atoms with Crippen LogP contribution in [-0.2, 0) is 9.53 Å². The second-order valence-electron chi connectivity index (χ2n) is 3.72. The summed E-state index contributed by atoms with van der Waals surface area (Å²) >= 11 is 0. The van der Waals surface area contributed by atoms with Gasteiger partial charge in [0.2, 0.25) is 0 Å². The van der Waals surface area contributed by atoms with Crippen LogP contribution in [0.1, 0.15) is 10.4 Å². The van der Waals surface area contributed by atoms with Gasteiger partial charge in [-0.2, -0.15) is 0 Å². The molecule has 0 aromatic heterocycles. The molecular weight excluding hydrogens is 238 g/mol. The number of ether oxygens (including phenoxy) is 2. The molecule has 0 saturated heterocycles. The number of aromatic hydroxyl groups is 1. The van der Waals surface area contributed by atoms with Gasteiger partial charge in [-0.25, -0.2) is 4.79 Å². The maximum atomic E-state index is 11.7. The van der Waals surface area contributed by atoms with Crippen molar-refractivity contribution in [2.24, 2.45) is 0 Å². The number of phenols is 1. The Hall–Kier alpha value is -2.24. The number of phenolic OH excluding ortho intramolecular Hbond substituents is 1. The molecule has 18 heavy (non-hydrogen) atoms. The molecule has 0 saturated carbocycles. The summed E-state index contributed by atoms with van der Waals surface area (Å²) in [4.78, 5) is 24.2. The lowest BCUT2D eigenvalue weighted by Gasteiger charge is -2.11. The normalized spacial score (nSPS) is 9.72. The van der Waals surface area contributed by atoms with Gasteiger partial charge in [-0.1, -0.05) is 6.07 Å². The fourth-order valence-electron chi connectivity index (χ4n) is 1.19. The van der Waals surface area contributed by atoms with Crippen LogP contribution >= 0.6 is 0 Å². The monoisotopic (exact) mass is 253 g/mol. The van der Waals surface area contributed by atoms with E-state index in [9.17, 15) is 14.7 Å². The van der Waals surface area contributed by atoms with E-state index >= 15 is 0 Å². The average Bonchev–Trinajstić information content (AvgIpc) is 2.35. The first kappa shape index (κ1) is 13.8. The van der Waals surface area contributed by atoms with Crippen LogP contribution in [0.3, 0.4) is 0 Å². The van der Waals surface area contributed by atoms with Crippen molar-refractivity contribution in [2.75, 3.05) is 27.8 Å². The second kappa shape index (κ2) is 5.90. The summed E-state index contributed by atoms with van der Waals surface area (Å²) in [6.45, 7) is -0.373. The molecule has 0 heterocycles. The number of hydrogen-bond donors (Lipinski definition) is 1. The maximum absolute atomic E-state index is 11.7. The number of carbonyl (C=O) groups excluding carboxylic acids is 2. The van der Waals surface area contributed by atoms with Crippen LogP contribution in [0, 0.1) is 0 Å². The fourth-order valence-corrected chi connectivity index (χ4v) is 1.19. The zero-order chi connectivity index (χ0) is 13.7. The Morgan fingerprint density at radius 3 is 2.56 bits per heavy atom. The average molecular weight is 253 g/mol. The van der Waals surface area contributed by atoms with Crippen molar-refractivity contribution in [1.82, 2.24) is 4.90 Å². The Morgan fingerprint density at radius 1 is 1.33 bits per heavy atom. The highest BCUT2D eigenvalue weighted by Crippen LogP contribution is 2.29. The Balaban J connectivity index is 2.76. The van der Waals surface area contributed by atoms with Crippen LogP contribution in [-0.4, -0.2) is 49.7 Å². The van der Waals surface area contributed by atoms with Crippen molar-refractivity contribution in [3.05, 3.63) is 23.8 Å². The first-order valence-electron chi connectivity index (χ1n) is 5.20. The summed E-state index contributed by atoms with van der Waals surface area (Å²) in [5.74, 6) is -1.25. The van der Waals surface area contributed by atoms with Crippen molar-refractivity contribution >= 4 is 11.9 Å². The summed E-state index contributed by atoms with van der Waals surface area (Å²) < 4.78 is 9.65. The van der Waals surface area contributed by atoms with E-state index in [1.165, 1.54) is 24.1 Å². The first-order valence-corrected chi connectivity index (χ1v) is 5.20. The summed E-state index contributed by atoms with van der Waals surface area (Å²) in [5.41, 5.74) is -0.0408. The third-order valence-corrected chi connectivity index (χ3v) is 2.26. The first-order chi connectivity index (χ1) is 8.47. The van der Waals surface area contributed by atoms with Gasteiger partial charge in [0.15, 0.2) is 18.1 Å². The quantitative estimate of drug-likeness (QED) is 0.797. The third kappa shape index (κ3) is 3.13. The molecule has 0 spiro atoms. The predicted molar refractivity (Wildman–Crippen MR) is 63.6 cm³/mol. The van der Waals surface area contributed by atoms with Gasteiger partial charge in [-0.3, -0.25) is 4.79 Å². The molecule has 0 bridgehead atoms. The molecule has 1 aromatic rings. The van der Waals surface area contributed by atoms with E-state index in [1.54, 1.807) is 20.2 Å². The number of esters is 1. The zero-order valence-electron chi connectivity index (χ0n) is 10.5. The van der Waals surface area contributed by atoms with Gasteiger partial charge in [0.1, 0.15) is 5.56 Å². The smallest absolute Gasteiger partial charge is 0.342 e. The number of nitrogens with zero attached hydrogens (tertiary/aromatic N) is 1. The van der Waals surface area contributed by atoms with Crippen LogP contribution in [0.25, 0.3) is 0 Å². The van der Waals surface area contributed by atoms with E-state index < -0.39 is 5.97 Å². The molecular formula is C12H15NO5. The van der Waals surface area contributed by atoms with Crippen LogP contribution in [0.2, 0.25) is 0 Å². The second-order valence-corrected chi connectivity index (χ2v) is 3.72. The minimum absolute atomic E-state index is 0.0408. The lowest BCUT2D eigenvalue weighted by molar-refractivity contribution is -0.131. The Kier molecular flexibility index (Phi) is 4.53. The van der Waals surface area contributed by atoms with Gasteiger partial charge in [-0.15, -0.1) is 0 Å². The molecule has 98 valence electrons. The Labute approximate surface area is 105 Å². The van der Waals surface area contributed by atoms with Crippen LogP contribution in [0.4, 0.5) is 0 Å². The molecule has 0 aliphatic heterocycles. The number of carbonyl (C=O) groups is 2. The highest BCUT2D eigenvalue weighted by molar-refractivity contribution is 5.94. The zero-order valence-corrected chi connectivity index (χ0v) is 10.5. The van der Waals surface area contributed by atoms with Gasteiger partial charge >= 0.3 is 5.97 Å². The summed E-state index contributed by atoms with van der Waals surface area (Å²) in [5, 5.41) is 9.71. The number of para-hydroxylation sites is 1. The Morgan fingerprint density at radius 2 is 2.00 bits per heavy atom. The molecule has 6 heteroatoms. The molecule has 0 unspecified atom stereocenters. The Bertz CT molecular complexity index is 456. The van der Waals surface area contributed by atoms with E-state index in [1.807, 2.05) is 0 Å². The molecule has 0 fully saturated rings. The van der Waals surface area contributed by atoms with E-state index in [2.05, 4.69) is 0 Å². The fraction of sp³-hybridized carbons (Fsp3) is 0.333. The van der Waals surface area contributed by atoms with Crippen LogP contribution in [0.15, 0.2) is 18.2 Å². The highest BCUT2D eigenvalue weighted by Gasteiger charge is 2.17. The van der Waals surface area contributed by atoms with Crippen LogP contribution in [0.5, 0.6) is 11.5 Å². The molecule has 6 nitrogen and oxygen atoms in total. The lowest BCUT2D eigenvalue weighted by Crippen LogP contribution is -2.27. The summed E-state index contributed by atoms with van der Waals surface area (Å²) in [6, 6.07) is 4.44. The molecule has 1 amide bonds. The largest absolute Gasteiger partial charge is 0.504 e. The third-order valence-electron chi connectivity index (χ3n) is 2.26. The molecule has 0 atom stereocenters. The van der Waals surface area contributed by atoms with Crippen molar-refractivity contribution in [3.8, 4) is 11.5 Å². The molecule has 0 aliphatic rings. The van der Waals surface area contributed by atoms with Gasteiger partial charge < -0.3 is 19.5 Å². The number of rotatable bonds is 4. The topological polar surface area (TPSA) is 76.1 Å². The van der Waals surface area contributed by atoms with Gasteiger partial charge in [-0.05, 0) is 12.1 Å². The minimum atomic E-state index is -0.776. The number of amides is 1. The van der Waals surface area contributed by atoms with Crippen molar-refractivity contribution in [2.45, 2.75) is 0 Å². The highest BCUT2D eigenvalue weighted by atomic mass is 16.5. The van der Waals surface area contributed by atoms with E-state index in [0.717, 1.165) is 0 Å². The van der Waals surface area contributed by atoms with E-state index in [0.29, 0.717) is 0 Å². The van der Waals surface area contributed by atoms with Gasteiger partial charge in [0, 0.05) is 14.1 Å². The summed E-state index contributed by atoms with van der Waals surface area (Å²) in [7, 11) is 4.48.